The quantitative estimate of drug-likeness (QED) is 0.693. The van der Waals surface area contributed by atoms with Crippen molar-refractivity contribution in [2.75, 3.05) is 5.73 Å². The number of anilines is 1. The topological polar surface area (TPSA) is 54.7 Å². The molecule has 0 atom stereocenters. The molecule has 0 spiro atoms. The summed E-state index contributed by atoms with van der Waals surface area (Å²) in [5.74, 6) is 0.454. The maximum Gasteiger partial charge on any atom is 0.198 e. The lowest BCUT2D eigenvalue weighted by atomic mass is 10.1. The number of aromatic amines is 1. The number of fused-ring (bicyclic) bond motifs is 1. The summed E-state index contributed by atoms with van der Waals surface area (Å²) in [6.45, 7) is 5.77. The summed E-state index contributed by atoms with van der Waals surface area (Å²) in [6, 6.07) is 4.00. The Balaban J connectivity index is 2.79. The van der Waals surface area contributed by atoms with Gasteiger partial charge in [-0.05, 0) is 30.2 Å². The van der Waals surface area contributed by atoms with Crippen LogP contribution in [-0.4, -0.2) is 9.97 Å². The van der Waals surface area contributed by atoms with Gasteiger partial charge >= 0.3 is 0 Å². The van der Waals surface area contributed by atoms with Crippen LogP contribution in [0.25, 0.3) is 17.1 Å². The fraction of sp³-hybridized carbons (Fsp3) is 0.100. The molecule has 13 heavy (non-hydrogen) atoms. The van der Waals surface area contributed by atoms with Gasteiger partial charge in [-0.25, -0.2) is 4.98 Å². The van der Waals surface area contributed by atoms with Crippen LogP contribution in [0.5, 0.6) is 0 Å². The molecule has 0 saturated carbocycles. The van der Waals surface area contributed by atoms with E-state index < -0.39 is 0 Å². The zero-order valence-electron chi connectivity index (χ0n) is 7.46. The van der Waals surface area contributed by atoms with Crippen LogP contribution in [0.2, 0.25) is 0 Å². The van der Waals surface area contributed by atoms with Crippen molar-refractivity contribution in [1.82, 2.24) is 9.97 Å². The first-order valence-electron chi connectivity index (χ1n) is 4.09. The van der Waals surface area contributed by atoms with E-state index in [9.17, 15) is 0 Å². The number of hydrogen-bond donors (Lipinski definition) is 2. The number of imidazole rings is 1. The summed E-state index contributed by atoms with van der Waals surface area (Å²) < 4.78 is 0. The van der Waals surface area contributed by atoms with Crippen LogP contribution >= 0.6 is 0 Å². The Morgan fingerprint density at radius 2 is 2.31 bits per heavy atom. The largest absolute Gasteiger partial charge is 0.369 e. The molecule has 3 N–H and O–H groups in total. The van der Waals surface area contributed by atoms with Gasteiger partial charge in [0.2, 0.25) is 0 Å². The van der Waals surface area contributed by atoms with Crippen LogP contribution < -0.4 is 5.73 Å². The van der Waals surface area contributed by atoms with Crippen molar-refractivity contribution in [2.24, 2.45) is 0 Å². The Bertz CT molecular complexity index is 468. The molecule has 0 bridgehead atoms. The Labute approximate surface area is 76.3 Å². The number of nitrogens with zero attached hydrogens (tertiary/aromatic N) is 1. The Morgan fingerprint density at radius 1 is 1.54 bits per heavy atom. The normalized spacial score (nSPS) is 10.5. The number of nitrogens with two attached hydrogens (primary N) is 1. The van der Waals surface area contributed by atoms with Gasteiger partial charge in [0.05, 0.1) is 11.0 Å². The molecular formula is C10H11N3. The molecule has 0 aliphatic heterocycles. The zero-order chi connectivity index (χ0) is 9.42. The molecule has 3 heteroatoms. The molecule has 0 amide bonds. The van der Waals surface area contributed by atoms with Crippen molar-refractivity contribution >= 4 is 23.1 Å². The van der Waals surface area contributed by atoms with Gasteiger partial charge in [0, 0.05) is 0 Å². The lowest BCUT2D eigenvalue weighted by Gasteiger charge is -1.98. The predicted octanol–water partition coefficient (Wildman–Crippen LogP) is 2.10. The average Bonchev–Trinajstić information content (AvgIpc) is 2.42. The number of H-pyrrole nitrogens is 1. The molecule has 2 aromatic rings. The number of nitrogens with one attached hydrogen (secondary N) is 1. The number of nitrogen functional groups attached to an aromatic ring is 1. The van der Waals surface area contributed by atoms with Crippen molar-refractivity contribution in [3.8, 4) is 0 Å². The molecule has 0 unspecified atom stereocenters. The van der Waals surface area contributed by atoms with Gasteiger partial charge in [-0.3, -0.25) is 0 Å². The number of rotatable bonds is 1. The number of hydrogen-bond acceptors (Lipinski definition) is 2. The lowest BCUT2D eigenvalue weighted by Crippen LogP contribution is -1.84. The maximum absolute atomic E-state index is 5.54. The van der Waals surface area contributed by atoms with Crippen molar-refractivity contribution in [1.29, 1.82) is 0 Å². The van der Waals surface area contributed by atoms with E-state index >= 15 is 0 Å². The molecule has 0 saturated heterocycles. The Morgan fingerprint density at radius 3 is 3.00 bits per heavy atom. The summed E-state index contributed by atoms with van der Waals surface area (Å²) in [5, 5.41) is 0. The van der Waals surface area contributed by atoms with E-state index in [1.807, 2.05) is 25.1 Å². The van der Waals surface area contributed by atoms with E-state index in [0.717, 1.165) is 16.6 Å². The second-order valence-corrected chi connectivity index (χ2v) is 3.05. The van der Waals surface area contributed by atoms with E-state index in [1.54, 1.807) is 0 Å². The van der Waals surface area contributed by atoms with Gasteiger partial charge in [0.25, 0.3) is 0 Å². The van der Waals surface area contributed by atoms with Gasteiger partial charge in [-0.2, -0.15) is 0 Å². The van der Waals surface area contributed by atoms with E-state index in [4.69, 9.17) is 5.73 Å². The second-order valence-electron chi connectivity index (χ2n) is 3.05. The fourth-order valence-electron chi connectivity index (χ4n) is 1.42. The molecule has 0 fully saturated rings. The van der Waals surface area contributed by atoms with Crippen LogP contribution in [0.3, 0.4) is 0 Å². The highest BCUT2D eigenvalue weighted by Crippen LogP contribution is 2.19. The number of aromatic nitrogens is 2. The van der Waals surface area contributed by atoms with E-state index in [1.165, 1.54) is 5.56 Å². The molecule has 0 aliphatic rings. The first kappa shape index (κ1) is 7.86. The summed E-state index contributed by atoms with van der Waals surface area (Å²) in [6.07, 6.45) is 1.82. The van der Waals surface area contributed by atoms with Gasteiger partial charge in [-0.1, -0.05) is 12.7 Å². The van der Waals surface area contributed by atoms with E-state index in [2.05, 4.69) is 16.5 Å². The van der Waals surface area contributed by atoms with Crippen LogP contribution in [0.15, 0.2) is 18.7 Å². The predicted molar refractivity (Wildman–Crippen MR) is 55.3 cm³/mol. The van der Waals surface area contributed by atoms with E-state index in [0.29, 0.717) is 5.95 Å². The lowest BCUT2D eigenvalue weighted by molar-refractivity contribution is 1.35. The molecule has 1 aromatic heterocycles. The molecule has 1 aromatic carbocycles. The van der Waals surface area contributed by atoms with Crippen molar-refractivity contribution in [3.63, 3.8) is 0 Å². The molecule has 3 nitrogen and oxygen atoms in total. The molecule has 66 valence electrons. The Hall–Kier alpha value is -1.77. The highest BCUT2D eigenvalue weighted by atomic mass is 15.0. The highest BCUT2D eigenvalue weighted by molar-refractivity contribution is 5.81. The summed E-state index contributed by atoms with van der Waals surface area (Å²) in [7, 11) is 0. The van der Waals surface area contributed by atoms with Crippen LogP contribution in [-0.2, 0) is 0 Å². The monoisotopic (exact) mass is 173 g/mol. The minimum atomic E-state index is 0.454. The minimum absolute atomic E-state index is 0.454. The Kier molecular flexibility index (Phi) is 1.59. The summed E-state index contributed by atoms with van der Waals surface area (Å²) in [4.78, 5) is 7.12. The van der Waals surface area contributed by atoms with Gasteiger partial charge < -0.3 is 10.7 Å². The zero-order valence-corrected chi connectivity index (χ0v) is 7.46. The van der Waals surface area contributed by atoms with Crippen molar-refractivity contribution < 1.29 is 0 Å². The molecule has 0 aliphatic carbocycles. The smallest absolute Gasteiger partial charge is 0.198 e. The molecule has 1 heterocycles. The third-order valence-corrected chi connectivity index (χ3v) is 2.11. The summed E-state index contributed by atoms with van der Waals surface area (Å²) in [5.41, 5.74) is 9.67. The third-order valence-electron chi connectivity index (χ3n) is 2.11. The first-order chi connectivity index (χ1) is 6.20. The standard InChI is InChI=1S/C10H11N3/c1-3-7-5-9-8(4-6(7)2)12-10(11)13-9/h3-5H,1H2,2H3,(H3,11,12,13). The fourth-order valence-corrected chi connectivity index (χ4v) is 1.42. The van der Waals surface area contributed by atoms with Gasteiger partial charge in [-0.15, -0.1) is 0 Å². The van der Waals surface area contributed by atoms with Crippen molar-refractivity contribution in [2.45, 2.75) is 6.92 Å². The second kappa shape index (κ2) is 2.62. The van der Waals surface area contributed by atoms with Crippen LogP contribution in [0.1, 0.15) is 11.1 Å². The van der Waals surface area contributed by atoms with Gasteiger partial charge in [0.15, 0.2) is 5.95 Å². The minimum Gasteiger partial charge on any atom is -0.369 e. The van der Waals surface area contributed by atoms with Gasteiger partial charge in [0.1, 0.15) is 0 Å². The molecule has 2 rings (SSSR count). The van der Waals surface area contributed by atoms with E-state index in [-0.39, 0.29) is 0 Å². The SMILES string of the molecule is C=Cc1cc2nc(N)[nH]c2cc1C. The maximum atomic E-state index is 5.54. The van der Waals surface area contributed by atoms with Crippen molar-refractivity contribution in [3.05, 3.63) is 29.8 Å². The highest BCUT2D eigenvalue weighted by Gasteiger charge is 2.02. The third kappa shape index (κ3) is 1.18. The molecule has 0 radical (unpaired) electrons. The molecular weight excluding hydrogens is 162 g/mol. The van der Waals surface area contributed by atoms with Crippen LogP contribution in [0.4, 0.5) is 5.95 Å². The first-order valence-corrected chi connectivity index (χ1v) is 4.09. The average molecular weight is 173 g/mol. The number of aryl methyl sites for hydroxylation is 1. The number of benzene rings is 1. The summed E-state index contributed by atoms with van der Waals surface area (Å²) >= 11 is 0. The van der Waals surface area contributed by atoms with Crippen LogP contribution in [0, 0.1) is 6.92 Å².